The predicted octanol–water partition coefficient (Wildman–Crippen LogP) is 3.55. The van der Waals surface area contributed by atoms with Gasteiger partial charge in [0.25, 0.3) is 0 Å². The summed E-state index contributed by atoms with van der Waals surface area (Å²) >= 11 is 0. The maximum absolute atomic E-state index is 5.27. The lowest BCUT2D eigenvalue weighted by Crippen LogP contribution is -2.00. The Morgan fingerprint density at radius 1 is 1.25 bits per heavy atom. The number of hydrogen-bond donors (Lipinski definition) is 1. The third-order valence-corrected chi connectivity index (χ3v) is 2.40. The number of anilines is 1. The molecule has 0 saturated heterocycles. The van der Waals surface area contributed by atoms with E-state index in [0.29, 0.717) is 0 Å². The third kappa shape index (κ3) is 2.63. The van der Waals surface area contributed by atoms with E-state index < -0.39 is 0 Å². The van der Waals surface area contributed by atoms with E-state index in [1.165, 1.54) is 6.42 Å². The van der Waals surface area contributed by atoms with Crippen LogP contribution in [0.25, 0.3) is 11.3 Å². The average Bonchev–Trinajstić information content (AvgIpc) is 2.79. The highest BCUT2D eigenvalue weighted by Crippen LogP contribution is 2.21. The maximum atomic E-state index is 5.27. The van der Waals surface area contributed by atoms with Crippen molar-refractivity contribution in [2.24, 2.45) is 0 Å². The van der Waals surface area contributed by atoms with Crippen LogP contribution in [0.3, 0.4) is 0 Å². The van der Waals surface area contributed by atoms with Gasteiger partial charge in [-0.3, -0.25) is 0 Å². The molecule has 3 heteroatoms. The summed E-state index contributed by atoms with van der Waals surface area (Å²) < 4.78 is 5.27. The van der Waals surface area contributed by atoms with Crippen LogP contribution in [0.1, 0.15) is 19.8 Å². The van der Waals surface area contributed by atoms with Crippen LogP contribution in [0.5, 0.6) is 0 Å². The van der Waals surface area contributed by atoms with Gasteiger partial charge in [0.15, 0.2) is 11.6 Å². The van der Waals surface area contributed by atoms with E-state index in [1.807, 2.05) is 36.4 Å². The molecule has 2 aromatic rings. The van der Waals surface area contributed by atoms with Gasteiger partial charge >= 0.3 is 0 Å². The van der Waals surface area contributed by atoms with Crippen molar-refractivity contribution in [1.29, 1.82) is 0 Å². The van der Waals surface area contributed by atoms with Crippen LogP contribution in [0, 0.1) is 0 Å². The van der Waals surface area contributed by atoms with Crippen molar-refractivity contribution < 1.29 is 4.52 Å². The van der Waals surface area contributed by atoms with Gasteiger partial charge in [-0.1, -0.05) is 48.8 Å². The summed E-state index contributed by atoms with van der Waals surface area (Å²) in [5.74, 6) is 1.62. The average molecular weight is 216 g/mol. The molecule has 0 spiro atoms. The molecule has 0 unspecified atom stereocenters. The van der Waals surface area contributed by atoms with Gasteiger partial charge in [0.05, 0.1) is 0 Å². The van der Waals surface area contributed by atoms with Crippen molar-refractivity contribution in [3.05, 3.63) is 36.4 Å². The first-order valence-corrected chi connectivity index (χ1v) is 5.66. The second-order valence-electron chi connectivity index (χ2n) is 3.72. The Bertz CT molecular complexity index is 423. The predicted molar refractivity (Wildman–Crippen MR) is 65.3 cm³/mol. The summed E-state index contributed by atoms with van der Waals surface area (Å²) in [4.78, 5) is 0. The molecule has 84 valence electrons. The van der Waals surface area contributed by atoms with Gasteiger partial charge in [0.2, 0.25) is 0 Å². The zero-order chi connectivity index (χ0) is 11.2. The molecule has 3 nitrogen and oxygen atoms in total. The Hall–Kier alpha value is -1.77. The molecule has 1 N–H and O–H groups in total. The van der Waals surface area contributed by atoms with Crippen molar-refractivity contribution in [3.63, 3.8) is 0 Å². The third-order valence-electron chi connectivity index (χ3n) is 2.40. The highest BCUT2D eigenvalue weighted by atomic mass is 16.5. The molecule has 0 aliphatic carbocycles. The molecule has 0 radical (unpaired) electrons. The van der Waals surface area contributed by atoms with Gasteiger partial charge in [-0.15, -0.1) is 0 Å². The number of nitrogens with one attached hydrogen (secondary N) is 1. The van der Waals surface area contributed by atoms with Gasteiger partial charge < -0.3 is 9.84 Å². The van der Waals surface area contributed by atoms with Gasteiger partial charge in [-0.25, -0.2) is 0 Å². The molecule has 2 rings (SSSR count). The molecule has 0 aliphatic rings. The monoisotopic (exact) mass is 216 g/mol. The smallest absolute Gasteiger partial charge is 0.170 e. The highest BCUT2D eigenvalue weighted by Gasteiger charge is 2.04. The second-order valence-corrected chi connectivity index (χ2v) is 3.72. The number of rotatable bonds is 5. The van der Waals surface area contributed by atoms with Crippen LogP contribution in [0.2, 0.25) is 0 Å². The van der Waals surface area contributed by atoms with Crippen molar-refractivity contribution in [2.75, 3.05) is 11.9 Å². The molecule has 1 aromatic carbocycles. The second kappa shape index (κ2) is 5.35. The van der Waals surface area contributed by atoms with Crippen molar-refractivity contribution in [1.82, 2.24) is 5.16 Å². The fourth-order valence-electron chi connectivity index (χ4n) is 1.49. The van der Waals surface area contributed by atoms with E-state index in [9.17, 15) is 0 Å². The lowest BCUT2D eigenvalue weighted by atomic mass is 10.2. The Morgan fingerprint density at radius 2 is 2.06 bits per heavy atom. The molecule has 0 aliphatic heterocycles. The molecule has 0 fully saturated rings. The first kappa shape index (κ1) is 10.7. The lowest BCUT2D eigenvalue weighted by Gasteiger charge is -1.97. The molecular weight excluding hydrogens is 200 g/mol. The van der Waals surface area contributed by atoms with Crippen LogP contribution >= 0.6 is 0 Å². The van der Waals surface area contributed by atoms with E-state index in [-0.39, 0.29) is 0 Å². The van der Waals surface area contributed by atoms with E-state index >= 15 is 0 Å². The minimum absolute atomic E-state index is 0.805. The fourth-order valence-corrected chi connectivity index (χ4v) is 1.49. The lowest BCUT2D eigenvalue weighted by molar-refractivity contribution is 0.435. The Morgan fingerprint density at radius 3 is 2.81 bits per heavy atom. The summed E-state index contributed by atoms with van der Waals surface area (Å²) in [6, 6.07) is 11.9. The van der Waals surface area contributed by atoms with E-state index in [0.717, 1.165) is 30.1 Å². The molecule has 1 heterocycles. The van der Waals surface area contributed by atoms with Crippen molar-refractivity contribution in [3.8, 4) is 11.3 Å². The normalized spacial score (nSPS) is 10.3. The molecule has 0 amide bonds. The molecule has 16 heavy (non-hydrogen) atoms. The molecule has 0 saturated carbocycles. The summed E-state index contributed by atoms with van der Waals surface area (Å²) in [5, 5.41) is 7.21. The van der Waals surface area contributed by atoms with E-state index in [4.69, 9.17) is 4.52 Å². The summed E-state index contributed by atoms with van der Waals surface area (Å²) in [6.07, 6.45) is 2.32. The minimum atomic E-state index is 0.805. The maximum Gasteiger partial charge on any atom is 0.170 e. The number of hydrogen-bond acceptors (Lipinski definition) is 3. The first-order chi connectivity index (χ1) is 7.90. The van der Waals surface area contributed by atoms with E-state index in [2.05, 4.69) is 17.4 Å². The summed E-state index contributed by atoms with van der Waals surface area (Å²) in [6.45, 7) is 3.11. The van der Waals surface area contributed by atoms with Gasteiger partial charge in [0, 0.05) is 18.2 Å². The molecule has 1 aromatic heterocycles. The summed E-state index contributed by atoms with van der Waals surface area (Å²) in [5.41, 5.74) is 1.05. The number of benzene rings is 1. The Kier molecular flexibility index (Phi) is 3.59. The van der Waals surface area contributed by atoms with Crippen molar-refractivity contribution in [2.45, 2.75) is 19.8 Å². The minimum Gasteiger partial charge on any atom is -0.367 e. The Balaban J connectivity index is 2.02. The number of unbranched alkanes of at least 4 members (excludes halogenated alkanes) is 1. The van der Waals surface area contributed by atoms with Crippen molar-refractivity contribution >= 4 is 5.82 Å². The van der Waals surface area contributed by atoms with Gasteiger partial charge in [0.1, 0.15) is 0 Å². The highest BCUT2D eigenvalue weighted by molar-refractivity contribution is 5.60. The van der Waals surface area contributed by atoms with Crippen LogP contribution < -0.4 is 5.32 Å². The standard InChI is InChI=1S/C13H16N2O/c1-2-3-9-14-13-10-12(16-15-13)11-7-5-4-6-8-11/h4-8,10H,2-3,9H2,1H3,(H,14,15). The van der Waals surface area contributed by atoms with Crippen LogP contribution in [0.4, 0.5) is 5.82 Å². The van der Waals surface area contributed by atoms with Gasteiger partial charge in [-0.2, -0.15) is 0 Å². The van der Waals surface area contributed by atoms with Crippen LogP contribution in [-0.2, 0) is 0 Å². The molecule has 0 atom stereocenters. The number of aromatic nitrogens is 1. The van der Waals surface area contributed by atoms with Gasteiger partial charge in [-0.05, 0) is 6.42 Å². The summed E-state index contributed by atoms with van der Waals surface area (Å²) in [7, 11) is 0. The van der Waals surface area contributed by atoms with E-state index in [1.54, 1.807) is 0 Å². The quantitative estimate of drug-likeness (QED) is 0.777. The fraction of sp³-hybridized carbons (Fsp3) is 0.308. The molecular formula is C13H16N2O. The Labute approximate surface area is 95.5 Å². The zero-order valence-corrected chi connectivity index (χ0v) is 9.44. The first-order valence-electron chi connectivity index (χ1n) is 5.66. The topological polar surface area (TPSA) is 38.1 Å². The molecule has 0 bridgehead atoms. The SMILES string of the molecule is CCCCNc1cc(-c2ccccc2)on1. The largest absolute Gasteiger partial charge is 0.367 e. The van der Waals surface area contributed by atoms with Crippen LogP contribution in [0.15, 0.2) is 40.9 Å². The zero-order valence-electron chi connectivity index (χ0n) is 9.44. The number of nitrogens with zero attached hydrogens (tertiary/aromatic N) is 1. The van der Waals surface area contributed by atoms with Crippen LogP contribution in [-0.4, -0.2) is 11.7 Å².